The van der Waals surface area contributed by atoms with E-state index in [1.807, 2.05) is 0 Å². The van der Waals surface area contributed by atoms with Gasteiger partial charge in [0.25, 0.3) is 5.88 Å². The minimum Gasteiger partial charge on any atom is -0.481 e. The van der Waals surface area contributed by atoms with Crippen molar-refractivity contribution in [2.45, 2.75) is 6.92 Å². The summed E-state index contributed by atoms with van der Waals surface area (Å²) < 4.78 is 20.9. The summed E-state index contributed by atoms with van der Waals surface area (Å²) in [6.45, 7) is 1.79. The van der Waals surface area contributed by atoms with Gasteiger partial charge in [0.05, 0.1) is 18.1 Å². The van der Waals surface area contributed by atoms with Crippen LogP contribution in [0.4, 0.5) is 4.39 Å². The van der Waals surface area contributed by atoms with Crippen LogP contribution in [0.5, 0.6) is 11.8 Å². The van der Waals surface area contributed by atoms with Crippen molar-refractivity contribution < 1.29 is 19.3 Å². The number of nitrogens with zero attached hydrogens (tertiary/aromatic N) is 2. The molecule has 0 atom stereocenters. The van der Waals surface area contributed by atoms with E-state index in [-0.39, 0.29) is 11.8 Å². The number of aromatic amines is 1. The summed E-state index contributed by atoms with van der Waals surface area (Å²) in [6.07, 6.45) is 0. The van der Waals surface area contributed by atoms with Crippen LogP contribution in [0.1, 0.15) is 11.1 Å². The van der Waals surface area contributed by atoms with Crippen LogP contribution in [0.2, 0.25) is 0 Å². The molecule has 0 radical (unpaired) electrons. The zero-order valence-corrected chi connectivity index (χ0v) is 12.8. The fourth-order valence-electron chi connectivity index (χ4n) is 3.25. The molecule has 0 amide bonds. The van der Waals surface area contributed by atoms with E-state index in [4.69, 9.17) is 4.74 Å². The molecule has 6 nitrogen and oxygen atoms in total. The maximum atomic E-state index is 14.1. The second-order valence-electron chi connectivity index (χ2n) is 5.48. The Labute approximate surface area is 135 Å². The Morgan fingerprint density at radius 1 is 1.29 bits per heavy atom. The molecule has 0 saturated carbocycles. The summed E-state index contributed by atoms with van der Waals surface area (Å²) in [6, 6.07) is 8.61. The molecule has 7 heteroatoms. The van der Waals surface area contributed by atoms with Crippen LogP contribution in [0.3, 0.4) is 0 Å². The second-order valence-corrected chi connectivity index (χ2v) is 5.48. The van der Waals surface area contributed by atoms with Gasteiger partial charge in [-0.1, -0.05) is 12.1 Å². The number of aromatic nitrogens is 2. The van der Waals surface area contributed by atoms with Crippen molar-refractivity contribution in [2.24, 2.45) is 0 Å². The molecule has 3 aromatic heterocycles. The molecule has 0 saturated heterocycles. The maximum absolute atomic E-state index is 14.1. The molecule has 0 aliphatic rings. The third-order valence-corrected chi connectivity index (χ3v) is 4.25. The Hall–Kier alpha value is -3.24. The first-order valence-electron chi connectivity index (χ1n) is 7.15. The number of hydrogen-bond donors (Lipinski definition) is 2. The minimum absolute atomic E-state index is 0.0314. The first-order chi connectivity index (χ1) is 11.6. The van der Waals surface area contributed by atoms with Gasteiger partial charge >= 0.3 is 0 Å². The molecule has 1 aromatic carbocycles. The predicted octanol–water partition coefficient (Wildman–Crippen LogP) is 3.75. The normalized spacial score (nSPS) is 11.3. The lowest BCUT2D eigenvalue weighted by Crippen LogP contribution is -2.02. The van der Waals surface area contributed by atoms with Gasteiger partial charge < -0.3 is 14.6 Å². The first kappa shape index (κ1) is 14.4. The first-order valence-corrected chi connectivity index (χ1v) is 7.15. The highest BCUT2D eigenvalue weighted by molar-refractivity contribution is 6.17. The number of aryl methyl sites for hydroxylation is 1. The maximum Gasteiger partial charge on any atom is 0.268 e. The monoisotopic (exact) mass is 325 g/mol. The molecule has 24 heavy (non-hydrogen) atoms. The standard InChI is InChI=1S/C17H12FN3O3/c1-8-6-12-13-9-4-3-5-11(18)14(9)20-15(13)17(24-22)21(12)16(23-2)10(8)7-19/h3-6,20,22H,1-2H3. The van der Waals surface area contributed by atoms with Crippen molar-refractivity contribution in [2.75, 3.05) is 7.11 Å². The Morgan fingerprint density at radius 2 is 2.08 bits per heavy atom. The highest BCUT2D eigenvalue weighted by atomic mass is 19.1. The van der Waals surface area contributed by atoms with E-state index < -0.39 is 5.82 Å². The van der Waals surface area contributed by atoms with E-state index in [1.165, 1.54) is 17.6 Å². The van der Waals surface area contributed by atoms with Crippen molar-refractivity contribution in [1.29, 1.82) is 5.26 Å². The topological polar surface area (TPSA) is 82.7 Å². The number of fused-ring (bicyclic) bond motifs is 5. The zero-order valence-electron chi connectivity index (χ0n) is 12.8. The number of methoxy groups -OCH3 is 1. The molecule has 4 rings (SSSR count). The summed E-state index contributed by atoms with van der Waals surface area (Å²) in [4.78, 5) is 7.50. The Bertz CT molecular complexity index is 1170. The molecule has 0 spiro atoms. The highest BCUT2D eigenvalue weighted by Crippen LogP contribution is 2.41. The molecule has 0 unspecified atom stereocenters. The average molecular weight is 325 g/mol. The number of ether oxygens (including phenoxy) is 1. The van der Waals surface area contributed by atoms with Crippen LogP contribution in [-0.4, -0.2) is 21.8 Å². The molecular formula is C17H12FN3O3. The molecule has 3 heterocycles. The van der Waals surface area contributed by atoms with E-state index in [2.05, 4.69) is 15.9 Å². The number of nitrogens with one attached hydrogen (secondary N) is 1. The predicted molar refractivity (Wildman–Crippen MR) is 86.0 cm³/mol. The molecule has 120 valence electrons. The summed E-state index contributed by atoms with van der Waals surface area (Å²) in [5, 5.41) is 20.1. The van der Waals surface area contributed by atoms with Crippen molar-refractivity contribution in [3.05, 3.63) is 41.2 Å². The molecule has 2 N–H and O–H groups in total. The quantitative estimate of drug-likeness (QED) is 0.434. The molecule has 0 aliphatic carbocycles. The Kier molecular flexibility index (Phi) is 2.92. The van der Waals surface area contributed by atoms with Gasteiger partial charge in [0, 0.05) is 10.8 Å². The van der Waals surface area contributed by atoms with Gasteiger partial charge in [0.2, 0.25) is 5.88 Å². The zero-order chi connectivity index (χ0) is 17.0. The van der Waals surface area contributed by atoms with E-state index in [9.17, 15) is 14.9 Å². The average Bonchev–Trinajstić information content (AvgIpc) is 3.09. The van der Waals surface area contributed by atoms with Crippen LogP contribution in [-0.2, 0) is 0 Å². The summed E-state index contributed by atoms with van der Waals surface area (Å²) >= 11 is 0. The molecule has 0 bridgehead atoms. The third-order valence-electron chi connectivity index (χ3n) is 4.25. The second kappa shape index (κ2) is 4.88. The number of rotatable bonds is 2. The van der Waals surface area contributed by atoms with Crippen molar-refractivity contribution in [1.82, 2.24) is 9.38 Å². The SMILES string of the molecule is COc1c(C#N)c(C)cc2c3c([nH]c4c(F)cccc43)c(OO)n12. The van der Waals surface area contributed by atoms with Gasteiger partial charge in [0.1, 0.15) is 23.0 Å². The van der Waals surface area contributed by atoms with Crippen LogP contribution >= 0.6 is 0 Å². The third kappa shape index (κ3) is 1.60. The Balaban J connectivity index is 2.34. The van der Waals surface area contributed by atoms with Gasteiger partial charge in [-0.3, -0.25) is 0 Å². The number of benzene rings is 1. The van der Waals surface area contributed by atoms with Crippen LogP contribution in [0.25, 0.3) is 27.3 Å². The van der Waals surface area contributed by atoms with Crippen LogP contribution in [0, 0.1) is 24.1 Å². The van der Waals surface area contributed by atoms with Crippen molar-refractivity contribution in [3.63, 3.8) is 0 Å². The number of nitriles is 1. The lowest BCUT2D eigenvalue weighted by Gasteiger charge is -2.11. The van der Waals surface area contributed by atoms with Crippen molar-refractivity contribution in [3.8, 4) is 17.8 Å². The lowest BCUT2D eigenvalue weighted by molar-refractivity contribution is -0.141. The summed E-state index contributed by atoms with van der Waals surface area (Å²) in [5.74, 6) is -0.127. The van der Waals surface area contributed by atoms with E-state index in [1.54, 1.807) is 25.1 Å². The van der Waals surface area contributed by atoms with Crippen LogP contribution in [0.15, 0.2) is 24.3 Å². The fraction of sp³-hybridized carbons (Fsp3) is 0.118. The smallest absolute Gasteiger partial charge is 0.268 e. The minimum atomic E-state index is -0.400. The van der Waals surface area contributed by atoms with Gasteiger partial charge in [0.15, 0.2) is 0 Å². The summed E-state index contributed by atoms with van der Waals surface area (Å²) in [7, 11) is 1.43. The van der Waals surface area contributed by atoms with E-state index in [0.29, 0.717) is 38.4 Å². The number of para-hydroxylation sites is 1. The van der Waals surface area contributed by atoms with E-state index >= 15 is 0 Å². The lowest BCUT2D eigenvalue weighted by atomic mass is 10.1. The number of H-pyrrole nitrogens is 1. The van der Waals surface area contributed by atoms with E-state index in [0.717, 1.165) is 0 Å². The van der Waals surface area contributed by atoms with Gasteiger partial charge in [-0.2, -0.15) is 5.26 Å². The largest absolute Gasteiger partial charge is 0.481 e. The molecule has 0 aliphatic heterocycles. The number of pyridine rings is 1. The molecule has 4 aromatic rings. The molecule has 0 fully saturated rings. The van der Waals surface area contributed by atoms with Gasteiger partial charge in [-0.15, -0.1) is 0 Å². The summed E-state index contributed by atoms with van der Waals surface area (Å²) in [5.41, 5.74) is 2.42. The fourth-order valence-corrected chi connectivity index (χ4v) is 3.25. The number of halogens is 1. The highest BCUT2D eigenvalue weighted by Gasteiger charge is 2.24. The molecular weight excluding hydrogens is 313 g/mol. The van der Waals surface area contributed by atoms with Crippen LogP contribution < -0.4 is 9.62 Å². The Morgan fingerprint density at radius 3 is 2.75 bits per heavy atom. The number of hydrogen-bond acceptors (Lipinski definition) is 4. The van der Waals surface area contributed by atoms with Gasteiger partial charge in [-0.05, 0) is 24.6 Å². The van der Waals surface area contributed by atoms with Gasteiger partial charge in [-0.25, -0.2) is 14.0 Å². The van der Waals surface area contributed by atoms with Crippen molar-refractivity contribution >= 4 is 27.3 Å².